The Morgan fingerprint density at radius 3 is 2.73 bits per heavy atom. The van der Waals surface area contributed by atoms with E-state index in [9.17, 15) is 9.59 Å². The molecule has 3 aromatic rings. The van der Waals surface area contributed by atoms with E-state index >= 15 is 0 Å². The number of thiophene rings is 1. The van der Waals surface area contributed by atoms with Crippen LogP contribution < -0.4 is 10.2 Å². The highest BCUT2D eigenvalue weighted by Crippen LogP contribution is 2.48. The van der Waals surface area contributed by atoms with Gasteiger partial charge in [0.2, 0.25) is 11.8 Å². The monoisotopic (exact) mass is 538 g/mol. The summed E-state index contributed by atoms with van der Waals surface area (Å²) in [6.07, 6.45) is 2.00. The molecule has 5 rings (SSSR count). The third-order valence-corrected chi connectivity index (χ3v) is 8.80. The van der Waals surface area contributed by atoms with Gasteiger partial charge in [0.1, 0.15) is 12.4 Å². The third-order valence-electron chi connectivity index (χ3n) is 6.84. The number of anilines is 1. The molecule has 0 bridgehead atoms. The Bertz CT molecular complexity index is 1270. The number of nitrogens with zero attached hydrogens (tertiary/aromatic N) is 3. The summed E-state index contributed by atoms with van der Waals surface area (Å²) in [5, 5.41) is 12.3. The highest BCUT2D eigenvalue weighted by Gasteiger charge is 2.40. The molecule has 196 valence electrons. The predicted octanol–water partition coefficient (Wildman–Crippen LogP) is 5.00. The van der Waals surface area contributed by atoms with Crippen LogP contribution in [0.15, 0.2) is 41.1 Å². The molecule has 2 atom stereocenters. The molecule has 9 heteroatoms. The van der Waals surface area contributed by atoms with Crippen LogP contribution >= 0.6 is 23.1 Å². The number of hydrogen-bond acceptors (Lipinski definition) is 6. The Morgan fingerprint density at radius 2 is 2.05 bits per heavy atom. The lowest BCUT2D eigenvalue weighted by molar-refractivity contribution is -0.123. The first-order chi connectivity index (χ1) is 17.7. The second-order valence-electron chi connectivity index (χ2n) is 10.7. The van der Waals surface area contributed by atoms with Gasteiger partial charge in [0, 0.05) is 24.1 Å². The number of para-hydroxylation sites is 1. The Hall–Kier alpha value is -2.62. The fraction of sp³-hybridized carbons (Fsp3) is 0.464. The van der Waals surface area contributed by atoms with Crippen LogP contribution in [0.25, 0.3) is 5.69 Å². The largest absolute Gasteiger partial charge is 0.376 e. The minimum atomic E-state index is -0.270. The first kappa shape index (κ1) is 26.0. The lowest BCUT2D eigenvalue weighted by Crippen LogP contribution is -2.44. The number of aryl methyl sites for hydroxylation is 1. The highest BCUT2D eigenvalue weighted by atomic mass is 32.2. The summed E-state index contributed by atoms with van der Waals surface area (Å²) < 4.78 is 7.56. The van der Waals surface area contributed by atoms with Crippen LogP contribution in [0.1, 0.15) is 61.2 Å². The van der Waals surface area contributed by atoms with Crippen molar-refractivity contribution in [2.45, 2.75) is 57.3 Å². The average Bonchev–Trinajstić information content (AvgIpc) is 3.62. The zero-order valence-corrected chi connectivity index (χ0v) is 23.5. The van der Waals surface area contributed by atoms with Crippen molar-refractivity contribution in [2.75, 3.05) is 30.3 Å². The van der Waals surface area contributed by atoms with Crippen LogP contribution in [0.3, 0.4) is 0 Å². The quantitative estimate of drug-likeness (QED) is 0.478. The smallest absolute Gasteiger partial charge is 0.240 e. The lowest BCUT2D eigenvalue weighted by atomic mass is 9.87. The average molecular weight is 539 g/mol. The van der Waals surface area contributed by atoms with Crippen molar-refractivity contribution in [1.82, 2.24) is 15.1 Å². The maximum absolute atomic E-state index is 13.7. The highest BCUT2D eigenvalue weighted by molar-refractivity contribution is 8.00. The van der Waals surface area contributed by atoms with E-state index < -0.39 is 0 Å². The molecule has 37 heavy (non-hydrogen) atoms. The number of nitrogens with one attached hydrogen (secondary N) is 1. The van der Waals surface area contributed by atoms with E-state index in [2.05, 4.69) is 42.9 Å². The SMILES string of the molecule is Cc1ccccc1-n1nc(C(C)(C)C)c2c1N(CC(=O)NC[C@H]1CCCO1)C(=O)CS[C@@H]2c1ccsc1. The number of thioether (sulfide) groups is 1. The van der Waals surface area contributed by atoms with Gasteiger partial charge < -0.3 is 10.1 Å². The minimum Gasteiger partial charge on any atom is -0.376 e. The first-order valence-corrected chi connectivity index (χ1v) is 14.7. The van der Waals surface area contributed by atoms with Crippen LogP contribution in [0.5, 0.6) is 0 Å². The van der Waals surface area contributed by atoms with E-state index in [4.69, 9.17) is 9.84 Å². The van der Waals surface area contributed by atoms with E-state index in [1.807, 2.05) is 35.9 Å². The first-order valence-electron chi connectivity index (χ1n) is 12.8. The molecule has 7 nitrogen and oxygen atoms in total. The van der Waals surface area contributed by atoms with Crippen LogP contribution in [-0.4, -0.2) is 53.1 Å². The summed E-state index contributed by atoms with van der Waals surface area (Å²) in [4.78, 5) is 28.5. The van der Waals surface area contributed by atoms with Gasteiger partial charge in [-0.25, -0.2) is 4.68 Å². The Labute approximate surface area is 226 Å². The molecule has 0 spiro atoms. The fourth-order valence-corrected chi connectivity index (χ4v) is 6.92. The van der Waals surface area contributed by atoms with E-state index in [-0.39, 0.29) is 40.9 Å². The topological polar surface area (TPSA) is 76.5 Å². The number of hydrogen-bond donors (Lipinski definition) is 1. The zero-order chi connectivity index (χ0) is 26.2. The maximum atomic E-state index is 13.7. The molecule has 0 radical (unpaired) electrons. The number of rotatable bonds is 6. The van der Waals surface area contributed by atoms with Gasteiger partial charge in [-0.2, -0.15) is 16.4 Å². The molecule has 1 aromatic carbocycles. The Balaban J connectivity index is 1.64. The number of amides is 2. The molecule has 1 N–H and O–H groups in total. The zero-order valence-electron chi connectivity index (χ0n) is 21.8. The lowest BCUT2D eigenvalue weighted by Gasteiger charge is -2.24. The summed E-state index contributed by atoms with van der Waals surface area (Å²) in [5.41, 5.74) is 4.79. The maximum Gasteiger partial charge on any atom is 0.240 e. The second-order valence-corrected chi connectivity index (χ2v) is 12.6. The van der Waals surface area contributed by atoms with Crippen molar-refractivity contribution in [1.29, 1.82) is 0 Å². The van der Waals surface area contributed by atoms with E-state index in [0.717, 1.165) is 47.5 Å². The van der Waals surface area contributed by atoms with Gasteiger partial charge >= 0.3 is 0 Å². The van der Waals surface area contributed by atoms with Crippen molar-refractivity contribution >= 4 is 40.7 Å². The van der Waals surface area contributed by atoms with Crippen LogP contribution in [0, 0.1) is 6.92 Å². The summed E-state index contributed by atoms with van der Waals surface area (Å²) in [7, 11) is 0. The summed E-state index contributed by atoms with van der Waals surface area (Å²) in [6.45, 7) is 9.64. The van der Waals surface area contributed by atoms with Crippen molar-refractivity contribution < 1.29 is 14.3 Å². The van der Waals surface area contributed by atoms with E-state index in [0.29, 0.717) is 12.4 Å². The van der Waals surface area contributed by atoms with E-state index in [1.54, 1.807) is 28.0 Å². The summed E-state index contributed by atoms with van der Waals surface area (Å²) in [5.74, 6) is 0.693. The molecule has 0 aliphatic carbocycles. The standard InChI is InChI=1S/C28H34N4O3S2/c1-18-8-5-6-10-21(18)32-27-24(26(30-32)28(2,3)4)25(19-11-13-36-16-19)37-17-23(34)31(27)15-22(33)29-14-20-9-7-12-35-20/h5-6,8,10-11,13,16,20,25H,7,9,12,14-15,17H2,1-4H3,(H,29,33)/t20-,25-/m1/s1. The van der Waals surface area contributed by atoms with Crippen molar-refractivity contribution in [3.63, 3.8) is 0 Å². The number of carbonyl (C=O) groups is 2. The predicted molar refractivity (Wildman–Crippen MR) is 150 cm³/mol. The van der Waals surface area contributed by atoms with Gasteiger partial charge in [-0.3, -0.25) is 14.5 Å². The molecular weight excluding hydrogens is 504 g/mol. The second kappa shape index (κ2) is 10.6. The number of carbonyl (C=O) groups excluding carboxylic acids is 2. The molecular formula is C28H34N4O3S2. The van der Waals surface area contributed by atoms with Crippen LogP contribution in [0.4, 0.5) is 5.82 Å². The van der Waals surface area contributed by atoms with Gasteiger partial charge in [0.15, 0.2) is 0 Å². The van der Waals surface area contributed by atoms with Crippen LogP contribution in [0.2, 0.25) is 0 Å². The molecule has 4 heterocycles. The number of ether oxygens (including phenoxy) is 1. The Kier molecular flexibility index (Phi) is 7.47. The Morgan fingerprint density at radius 1 is 1.24 bits per heavy atom. The number of fused-ring (bicyclic) bond motifs is 1. The molecule has 2 aliphatic heterocycles. The summed E-state index contributed by atoms with van der Waals surface area (Å²) in [6, 6.07) is 10.2. The molecule has 0 unspecified atom stereocenters. The van der Waals surface area contributed by atoms with Crippen molar-refractivity contribution in [3.05, 3.63) is 63.5 Å². The number of benzene rings is 1. The van der Waals surface area contributed by atoms with Gasteiger partial charge in [0.05, 0.1) is 28.5 Å². The molecule has 2 aromatic heterocycles. The minimum absolute atomic E-state index is 0.0443. The number of aromatic nitrogens is 2. The normalized spacial score (nSPS) is 20.1. The molecule has 2 amide bonds. The molecule has 1 saturated heterocycles. The van der Waals surface area contributed by atoms with Crippen molar-refractivity contribution in [3.8, 4) is 5.69 Å². The fourth-order valence-electron chi connectivity index (χ4n) is 4.96. The van der Waals surface area contributed by atoms with Gasteiger partial charge in [0.25, 0.3) is 0 Å². The molecule has 0 saturated carbocycles. The van der Waals surface area contributed by atoms with Crippen LogP contribution in [-0.2, 0) is 19.7 Å². The van der Waals surface area contributed by atoms with Gasteiger partial charge in [-0.15, -0.1) is 11.8 Å². The van der Waals surface area contributed by atoms with Crippen molar-refractivity contribution in [2.24, 2.45) is 0 Å². The van der Waals surface area contributed by atoms with Gasteiger partial charge in [-0.05, 0) is 53.8 Å². The van der Waals surface area contributed by atoms with Gasteiger partial charge in [-0.1, -0.05) is 39.0 Å². The molecule has 1 fully saturated rings. The summed E-state index contributed by atoms with van der Waals surface area (Å²) >= 11 is 3.26. The third kappa shape index (κ3) is 5.35. The molecule has 2 aliphatic rings. The van der Waals surface area contributed by atoms with E-state index in [1.165, 1.54) is 0 Å².